The standard InChI is InChI=1S/C22H21N3OS/c26-22(23-21-12-17-8-10-24(21)14-17)25-11-9-20-18(15-25)13-19(27-20)7-6-16-4-2-1-3-5-16/h1-5,9,11,13,17,21H,8,10,12,14-15H2,(H,23,26). The molecule has 3 unspecified atom stereocenters. The molecule has 3 aliphatic heterocycles. The van der Waals surface area contributed by atoms with Crippen LogP contribution in [0.5, 0.6) is 0 Å². The first kappa shape index (κ1) is 16.6. The number of thiophene rings is 1. The second-order valence-corrected chi connectivity index (χ2v) is 8.49. The lowest BCUT2D eigenvalue weighted by molar-refractivity contribution is 0.180. The van der Waals surface area contributed by atoms with Crippen LogP contribution in [-0.2, 0) is 6.54 Å². The van der Waals surface area contributed by atoms with Gasteiger partial charge in [-0.15, -0.1) is 11.3 Å². The summed E-state index contributed by atoms with van der Waals surface area (Å²) in [5, 5.41) is 3.20. The molecule has 1 aromatic carbocycles. The second-order valence-electron chi connectivity index (χ2n) is 7.41. The molecule has 3 atom stereocenters. The number of rotatable bonds is 1. The Bertz CT molecular complexity index is 953. The molecule has 3 aliphatic rings. The van der Waals surface area contributed by atoms with Gasteiger partial charge in [0.25, 0.3) is 0 Å². The van der Waals surface area contributed by atoms with Crippen molar-refractivity contribution in [1.82, 2.24) is 15.1 Å². The molecule has 2 aromatic rings. The van der Waals surface area contributed by atoms with Crippen LogP contribution in [0.3, 0.4) is 0 Å². The van der Waals surface area contributed by atoms with Crippen LogP contribution in [0.4, 0.5) is 4.79 Å². The molecule has 27 heavy (non-hydrogen) atoms. The molecule has 2 amide bonds. The van der Waals surface area contributed by atoms with Crippen LogP contribution in [0, 0.1) is 17.8 Å². The highest BCUT2D eigenvalue weighted by Gasteiger charge is 2.38. The minimum Gasteiger partial charge on any atom is -0.322 e. The number of amides is 2. The van der Waals surface area contributed by atoms with Crippen LogP contribution in [0.1, 0.15) is 33.7 Å². The summed E-state index contributed by atoms with van der Waals surface area (Å²) in [5.74, 6) is 7.22. The average molecular weight is 375 g/mol. The fourth-order valence-electron chi connectivity index (χ4n) is 4.14. The largest absolute Gasteiger partial charge is 0.322 e. The van der Waals surface area contributed by atoms with Crippen molar-refractivity contribution in [2.24, 2.45) is 5.92 Å². The summed E-state index contributed by atoms with van der Waals surface area (Å²) < 4.78 is 0. The van der Waals surface area contributed by atoms with Gasteiger partial charge in [-0.1, -0.05) is 30.0 Å². The number of hydrogen-bond donors (Lipinski definition) is 1. The molecular formula is C22H21N3OS. The molecule has 0 aliphatic carbocycles. The van der Waals surface area contributed by atoms with Gasteiger partial charge < -0.3 is 5.32 Å². The maximum Gasteiger partial charge on any atom is 0.322 e. The number of benzene rings is 1. The topological polar surface area (TPSA) is 35.6 Å². The van der Waals surface area contributed by atoms with Crippen molar-refractivity contribution in [1.29, 1.82) is 0 Å². The lowest BCUT2D eigenvalue weighted by atomic mass is 10.0. The first-order valence-corrected chi connectivity index (χ1v) is 10.3. The number of hydrogen-bond acceptors (Lipinski definition) is 3. The van der Waals surface area contributed by atoms with E-state index in [1.807, 2.05) is 42.6 Å². The van der Waals surface area contributed by atoms with E-state index in [-0.39, 0.29) is 12.2 Å². The van der Waals surface area contributed by atoms with Crippen LogP contribution in [0.2, 0.25) is 0 Å². The fraction of sp³-hybridized carbons (Fsp3) is 0.318. The highest BCUT2D eigenvalue weighted by atomic mass is 32.1. The number of carbonyl (C=O) groups excluding carboxylic acids is 1. The third-order valence-electron chi connectivity index (χ3n) is 5.56. The Labute approximate surface area is 163 Å². The Morgan fingerprint density at radius 1 is 1.22 bits per heavy atom. The second kappa shape index (κ2) is 6.88. The normalized spacial score (nSPS) is 25.0. The van der Waals surface area contributed by atoms with Crippen LogP contribution in [0.15, 0.2) is 42.6 Å². The van der Waals surface area contributed by atoms with E-state index >= 15 is 0 Å². The van der Waals surface area contributed by atoms with Crippen molar-refractivity contribution in [3.05, 3.63) is 63.5 Å². The molecule has 0 spiro atoms. The first-order valence-electron chi connectivity index (χ1n) is 9.44. The summed E-state index contributed by atoms with van der Waals surface area (Å²) in [7, 11) is 0. The quantitative estimate of drug-likeness (QED) is 0.772. The van der Waals surface area contributed by atoms with E-state index in [0.717, 1.165) is 35.9 Å². The summed E-state index contributed by atoms with van der Waals surface area (Å²) in [6, 6.07) is 12.1. The average Bonchev–Trinajstić information content (AvgIpc) is 3.41. The molecule has 5 rings (SSSR count). The third-order valence-corrected chi connectivity index (χ3v) is 6.62. The molecule has 136 valence electrons. The van der Waals surface area contributed by atoms with Gasteiger partial charge in [0.1, 0.15) is 0 Å². The van der Waals surface area contributed by atoms with Crippen molar-refractivity contribution in [2.45, 2.75) is 25.6 Å². The Morgan fingerprint density at radius 2 is 2.11 bits per heavy atom. The van der Waals surface area contributed by atoms with E-state index in [1.54, 1.807) is 16.2 Å². The van der Waals surface area contributed by atoms with Gasteiger partial charge in [-0.3, -0.25) is 9.80 Å². The van der Waals surface area contributed by atoms with E-state index in [0.29, 0.717) is 6.54 Å². The Balaban J connectivity index is 1.25. The maximum absolute atomic E-state index is 12.7. The molecule has 0 radical (unpaired) electrons. The molecule has 1 N–H and O–H groups in total. The smallest absolute Gasteiger partial charge is 0.322 e. The highest BCUT2D eigenvalue weighted by Crippen LogP contribution is 2.32. The first-order chi connectivity index (χ1) is 13.2. The zero-order chi connectivity index (χ0) is 18.2. The molecule has 1 aromatic heterocycles. The molecule has 2 saturated heterocycles. The monoisotopic (exact) mass is 375 g/mol. The molecule has 5 heteroatoms. The maximum atomic E-state index is 12.7. The minimum atomic E-state index is -0.00225. The third kappa shape index (κ3) is 3.39. The number of nitrogens with one attached hydrogen (secondary N) is 1. The van der Waals surface area contributed by atoms with Gasteiger partial charge in [0, 0.05) is 29.7 Å². The van der Waals surface area contributed by atoms with Crippen LogP contribution < -0.4 is 5.32 Å². The SMILES string of the molecule is O=C(NC1CC2CCN1C2)N1C=Cc2sc(C#Cc3ccccc3)cc2C1. The minimum absolute atomic E-state index is 0.00225. The number of carbonyl (C=O) groups is 1. The summed E-state index contributed by atoms with van der Waals surface area (Å²) in [4.78, 5) is 19.1. The van der Waals surface area contributed by atoms with E-state index in [4.69, 9.17) is 0 Å². The Kier molecular flexibility index (Phi) is 4.23. The molecule has 0 saturated carbocycles. The van der Waals surface area contributed by atoms with Crippen molar-refractivity contribution >= 4 is 23.4 Å². The summed E-state index contributed by atoms with van der Waals surface area (Å²) in [6.07, 6.45) is 6.50. The lowest BCUT2D eigenvalue weighted by Gasteiger charge is -2.29. The Hall–Kier alpha value is -2.55. The van der Waals surface area contributed by atoms with Crippen molar-refractivity contribution in [3.8, 4) is 11.8 Å². The number of urea groups is 1. The van der Waals surface area contributed by atoms with Crippen LogP contribution in [0.25, 0.3) is 6.08 Å². The fourth-order valence-corrected chi connectivity index (χ4v) is 5.06. The van der Waals surface area contributed by atoms with Gasteiger partial charge in [0.05, 0.1) is 17.6 Å². The van der Waals surface area contributed by atoms with E-state index in [2.05, 4.69) is 28.1 Å². The zero-order valence-electron chi connectivity index (χ0n) is 15.0. The number of fused-ring (bicyclic) bond motifs is 3. The van der Waals surface area contributed by atoms with E-state index in [1.165, 1.54) is 16.9 Å². The van der Waals surface area contributed by atoms with Crippen LogP contribution >= 0.6 is 11.3 Å². The lowest BCUT2D eigenvalue weighted by Crippen LogP contribution is -2.49. The summed E-state index contributed by atoms with van der Waals surface area (Å²) in [6.45, 7) is 2.86. The van der Waals surface area contributed by atoms with Crippen LogP contribution in [-0.4, -0.2) is 35.1 Å². The van der Waals surface area contributed by atoms with Crippen molar-refractivity contribution in [3.63, 3.8) is 0 Å². The van der Waals surface area contributed by atoms with Gasteiger partial charge in [0.2, 0.25) is 0 Å². The number of nitrogens with zero attached hydrogens (tertiary/aromatic N) is 2. The molecular weight excluding hydrogens is 354 g/mol. The van der Waals surface area contributed by atoms with Gasteiger partial charge >= 0.3 is 6.03 Å². The van der Waals surface area contributed by atoms with Gasteiger partial charge in [-0.25, -0.2) is 4.79 Å². The van der Waals surface area contributed by atoms with Gasteiger partial charge in [0.15, 0.2) is 0 Å². The zero-order valence-corrected chi connectivity index (χ0v) is 15.8. The van der Waals surface area contributed by atoms with Gasteiger partial charge in [-0.2, -0.15) is 0 Å². The van der Waals surface area contributed by atoms with Crippen molar-refractivity contribution < 1.29 is 4.79 Å². The molecule has 2 bridgehead atoms. The molecule has 4 nitrogen and oxygen atoms in total. The molecule has 4 heterocycles. The predicted octanol–water partition coefficient (Wildman–Crippen LogP) is 3.70. The van der Waals surface area contributed by atoms with E-state index in [9.17, 15) is 4.79 Å². The Morgan fingerprint density at radius 3 is 2.89 bits per heavy atom. The highest BCUT2D eigenvalue weighted by molar-refractivity contribution is 7.13. The van der Waals surface area contributed by atoms with Crippen molar-refractivity contribution in [2.75, 3.05) is 13.1 Å². The number of piperidine rings is 1. The summed E-state index contributed by atoms with van der Waals surface area (Å²) in [5.41, 5.74) is 2.18. The van der Waals surface area contributed by atoms with Gasteiger partial charge in [-0.05, 0) is 48.6 Å². The van der Waals surface area contributed by atoms with E-state index < -0.39 is 0 Å². The molecule has 2 fully saturated rings. The predicted molar refractivity (Wildman–Crippen MR) is 108 cm³/mol. The summed E-state index contributed by atoms with van der Waals surface area (Å²) >= 11 is 1.68.